The van der Waals surface area contributed by atoms with Crippen LogP contribution < -0.4 is 5.32 Å². The van der Waals surface area contributed by atoms with E-state index in [2.05, 4.69) is 23.4 Å². The average Bonchev–Trinajstić information content (AvgIpc) is 2.86. The lowest BCUT2D eigenvalue weighted by Crippen LogP contribution is -2.49. The Kier molecular flexibility index (Phi) is 5.61. The fourth-order valence-electron chi connectivity index (χ4n) is 3.20. The van der Waals surface area contributed by atoms with Crippen LogP contribution in [0.4, 0.5) is 0 Å². The monoisotopic (exact) mass is 338 g/mol. The summed E-state index contributed by atoms with van der Waals surface area (Å²) in [6.07, 6.45) is 0.624. The van der Waals surface area contributed by atoms with Crippen molar-refractivity contribution in [2.45, 2.75) is 39.0 Å². The Balaban J connectivity index is 1.52. The third kappa shape index (κ3) is 4.49. The second kappa shape index (κ2) is 7.68. The lowest BCUT2D eigenvalue weighted by molar-refractivity contribution is -0.139. The van der Waals surface area contributed by atoms with Gasteiger partial charge in [-0.15, -0.1) is 0 Å². The summed E-state index contributed by atoms with van der Waals surface area (Å²) < 4.78 is 7.82. The zero-order valence-electron chi connectivity index (χ0n) is 14.0. The van der Waals surface area contributed by atoms with Gasteiger partial charge in [-0.25, -0.2) is 0 Å². The molecule has 2 saturated heterocycles. The highest BCUT2D eigenvalue weighted by molar-refractivity contribution is 7.99. The van der Waals surface area contributed by atoms with Crippen LogP contribution in [0.3, 0.4) is 0 Å². The predicted octanol–water partition coefficient (Wildman–Crippen LogP) is 0.822. The molecule has 2 aliphatic rings. The van der Waals surface area contributed by atoms with Gasteiger partial charge >= 0.3 is 0 Å². The quantitative estimate of drug-likeness (QED) is 0.881. The summed E-state index contributed by atoms with van der Waals surface area (Å²) in [6, 6.07) is 2.39. The van der Waals surface area contributed by atoms with Gasteiger partial charge < -0.3 is 15.0 Å². The third-order valence-electron chi connectivity index (χ3n) is 4.39. The maximum Gasteiger partial charge on any atom is 0.224 e. The van der Waals surface area contributed by atoms with Crippen LogP contribution in [-0.2, 0) is 16.1 Å². The summed E-state index contributed by atoms with van der Waals surface area (Å²) in [7, 11) is 0. The zero-order chi connectivity index (χ0) is 16.2. The number of ether oxygens (including phenoxy) is 1. The van der Waals surface area contributed by atoms with Gasteiger partial charge in [0.05, 0.1) is 24.9 Å². The molecular weight excluding hydrogens is 312 g/mol. The number of aromatic nitrogens is 2. The second-order valence-corrected chi connectivity index (χ2v) is 7.52. The molecule has 2 fully saturated rings. The van der Waals surface area contributed by atoms with Crippen LogP contribution in [-0.4, -0.2) is 70.5 Å². The first kappa shape index (κ1) is 16.8. The Bertz CT molecular complexity index is 542. The van der Waals surface area contributed by atoms with Gasteiger partial charge in [0, 0.05) is 49.3 Å². The van der Waals surface area contributed by atoms with E-state index in [0.29, 0.717) is 38.7 Å². The standard InChI is InChI=1S/C16H26N4O2S/c1-12-7-13(2)20(18-12)10-15-9-19(4-5-22-15)16(21)8-14-11-23-6-3-17-14/h7,14-15,17H,3-6,8-11H2,1-2H3. The zero-order valence-corrected chi connectivity index (χ0v) is 14.8. The number of aryl methyl sites for hydroxylation is 2. The summed E-state index contributed by atoms with van der Waals surface area (Å²) in [6.45, 7) is 7.74. The number of carbonyl (C=O) groups is 1. The number of nitrogens with one attached hydrogen (secondary N) is 1. The van der Waals surface area contributed by atoms with Crippen molar-refractivity contribution >= 4 is 17.7 Å². The van der Waals surface area contributed by atoms with Crippen LogP contribution in [0.1, 0.15) is 17.8 Å². The van der Waals surface area contributed by atoms with Gasteiger partial charge in [-0.05, 0) is 19.9 Å². The van der Waals surface area contributed by atoms with Crippen molar-refractivity contribution in [1.82, 2.24) is 20.0 Å². The van der Waals surface area contributed by atoms with Gasteiger partial charge in [-0.2, -0.15) is 16.9 Å². The van der Waals surface area contributed by atoms with E-state index in [0.717, 1.165) is 29.4 Å². The number of carbonyl (C=O) groups excluding carboxylic acids is 1. The lowest BCUT2D eigenvalue weighted by atomic mass is 10.2. The van der Waals surface area contributed by atoms with Gasteiger partial charge in [0.15, 0.2) is 0 Å². The molecule has 0 saturated carbocycles. The Morgan fingerprint density at radius 3 is 3.09 bits per heavy atom. The van der Waals surface area contributed by atoms with Crippen molar-refractivity contribution in [2.75, 3.05) is 37.7 Å². The molecule has 0 bridgehead atoms. The molecule has 1 aromatic heterocycles. The van der Waals surface area contributed by atoms with Crippen LogP contribution in [0.25, 0.3) is 0 Å². The Labute approximate surface area is 141 Å². The van der Waals surface area contributed by atoms with Crippen LogP contribution in [0.2, 0.25) is 0 Å². The number of hydrogen-bond acceptors (Lipinski definition) is 5. The van der Waals surface area contributed by atoms with Crippen molar-refractivity contribution in [1.29, 1.82) is 0 Å². The molecule has 0 spiro atoms. The molecule has 2 atom stereocenters. The number of hydrogen-bond donors (Lipinski definition) is 1. The van der Waals surface area contributed by atoms with Crippen LogP contribution in [0.5, 0.6) is 0 Å². The van der Waals surface area contributed by atoms with Crippen molar-refractivity contribution in [2.24, 2.45) is 0 Å². The molecule has 2 aliphatic heterocycles. The fourth-order valence-corrected chi connectivity index (χ4v) is 4.15. The molecule has 2 unspecified atom stereocenters. The predicted molar refractivity (Wildman–Crippen MR) is 91.8 cm³/mol. The van der Waals surface area contributed by atoms with Gasteiger partial charge in [0.25, 0.3) is 0 Å². The minimum absolute atomic E-state index is 0.0272. The van der Waals surface area contributed by atoms with E-state index in [1.54, 1.807) is 0 Å². The lowest BCUT2D eigenvalue weighted by Gasteiger charge is -2.34. The summed E-state index contributed by atoms with van der Waals surface area (Å²) in [5.41, 5.74) is 2.16. The number of rotatable bonds is 4. The first-order valence-corrected chi connectivity index (χ1v) is 9.49. The SMILES string of the molecule is Cc1cc(C)n(CC2CN(C(=O)CC3CSCCN3)CCO2)n1. The number of thioether (sulfide) groups is 1. The van der Waals surface area contributed by atoms with Crippen molar-refractivity contribution in [3.05, 3.63) is 17.5 Å². The topological polar surface area (TPSA) is 59.4 Å². The van der Waals surface area contributed by atoms with Gasteiger partial charge in [0.2, 0.25) is 5.91 Å². The average molecular weight is 338 g/mol. The van der Waals surface area contributed by atoms with Crippen LogP contribution in [0.15, 0.2) is 6.07 Å². The summed E-state index contributed by atoms with van der Waals surface area (Å²) in [5, 5.41) is 7.92. The van der Waals surface area contributed by atoms with Crippen molar-refractivity contribution < 1.29 is 9.53 Å². The molecule has 23 heavy (non-hydrogen) atoms. The second-order valence-electron chi connectivity index (χ2n) is 6.37. The molecule has 3 rings (SSSR count). The number of morpholine rings is 1. The molecule has 1 aromatic rings. The maximum atomic E-state index is 12.5. The molecule has 0 aromatic carbocycles. The number of nitrogens with zero attached hydrogens (tertiary/aromatic N) is 3. The van der Waals surface area contributed by atoms with Crippen LogP contribution in [0, 0.1) is 13.8 Å². The smallest absolute Gasteiger partial charge is 0.224 e. The molecule has 3 heterocycles. The van der Waals surface area contributed by atoms with E-state index in [1.165, 1.54) is 0 Å². The highest BCUT2D eigenvalue weighted by Crippen LogP contribution is 2.14. The minimum atomic E-state index is 0.0272. The maximum absolute atomic E-state index is 12.5. The molecule has 0 aliphatic carbocycles. The highest BCUT2D eigenvalue weighted by Gasteiger charge is 2.27. The largest absolute Gasteiger partial charge is 0.373 e. The first-order valence-electron chi connectivity index (χ1n) is 8.33. The van der Waals surface area contributed by atoms with Gasteiger partial charge in [-0.1, -0.05) is 0 Å². The Morgan fingerprint density at radius 2 is 2.39 bits per heavy atom. The molecule has 1 N–H and O–H groups in total. The van der Waals surface area contributed by atoms with Crippen LogP contribution >= 0.6 is 11.8 Å². The third-order valence-corrected chi connectivity index (χ3v) is 5.52. The molecule has 0 radical (unpaired) electrons. The van der Waals surface area contributed by atoms with E-state index in [4.69, 9.17) is 4.74 Å². The normalized spacial score (nSPS) is 25.6. The van der Waals surface area contributed by atoms with E-state index < -0.39 is 0 Å². The van der Waals surface area contributed by atoms with E-state index >= 15 is 0 Å². The Morgan fingerprint density at radius 1 is 1.52 bits per heavy atom. The van der Waals surface area contributed by atoms with E-state index in [9.17, 15) is 4.79 Å². The molecule has 6 nitrogen and oxygen atoms in total. The first-order chi connectivity index (χ1) is 11.1. The fraction of sp³-hybridized carbons (Fsp3) is 0.750. The molecular formula is C16H26N4O2S. The van der Waals surface area contributed by atoms with E-state index in [1.807, 2.05) is 28.3 Å². The van der Waals surface area contributed by atoms with Crippen molar-refractivity contribution in [3.8, 4) is 0 Å². The van der Waals surface area contributed by atoms with Crippen molar-refractivity contribution in [3.63, 3.8) is 0 Å². The minimum Gasteiger partial charge on any atom is -0.373 e. The number of amides is 1. The Hall–Kier alpha value is -1.05. The van der Waals surface area contributed by atoms with Gasteiger partial charge in [-0.3, -0.25) is 9.48 Å². The molecule has 7 heteroatoms. The summed E-state index contributed by atoms with van der Waals surface area (Å²) in [4.78, 5) is 14.5. The van der Waals surface area contributed by atoms with E-state index in [-0.39, 0.29) is 12.0 Å². The highest BCUT2D eigenvalue weighted by atomic mass is 32.2. The molecule has 1 amide bonds. The molecule has 128 valence electrons. The van der Waals surface area contributed by atoms with Gasteiger partial charge in [0.1, 0.15) is 0 Å². The summed E-state index contributed by atoms with van der Waals surface area (Å²) >= 11 is 1.93. The summed E-state index contributed by atoms with van der Waals surface area (Å²) in [5.74, 6) is 2.42.